The number of hydrogen-bond acceptors (Lipinski definition) is 5. The Hall–Kier alpha value is -3.19. The number of anilines is 1. The number of carbonyl (C=O) groups excluding carboxylic acids is 3. The van der Waals surface area contributed by atoms with Crippen molar-refractivity contribution in [3.8, 4) is 0 Å². The Balaban J connectivity index is 1.46. The van der Waals surface area contributed by atoms with Crippen LogP contribution in [-0.4, -0.2) is 60.9 Å². The molecule has 0 atom stereocenters. The number of carbonyl (C=O) groups is 3. The van der Waals surface area contributed by atoms with Crippen molar-refractivity contribution in [2.75, 3.05) is 38.6 Å². The molecule has 2 aromatic rings. The number of piperazine rings is 1. The Morgan fingerprint density at radius 1 is 0.966 bits per heavy atom. The van der Waals surface area contributed by atoms with E-state index < -0.39 is 11.9 Å². The number of nitrogens with one attached hydrogen (secondary N) is 1. The molecule has 0 radical (unpaired) electrons. The minimum absolute atomic E-state index is 0.189. The molecule has 1 fully saturated rings. The lowest BCUT2D eigenvalue weighted by Gasteiger charge is -2.34. The largest absolute Gasteiger partial charge is 0.465 e. The Morgan fingerprint density at radius 3 is 2.38 bits per heavy atom. The number of nitrogens with zero attached hydrogens (tertiary/aromatic N) is 2. The maximum Gasteiger partial charge on any atom is 0.337 e. The van der Waals surface area contributed by atoms with Crippen LogP contribution in [0.2, 0.25) is 0 Å². The highest BCUT2D eigenvalue weighted by atomic mass is 16.5. The minimum atomic E-state index is -0.481. The molecule has 7 nitrogen and oxygen atoms in total. The number of amides is 2. The zero-order valence-electron chi connectivity index (χ0n) is 16.5. The molecule has 0 aromatic heterocycles. The molecule has 2 amide bonds. The van der Waals surface area contributed by atoms with E-state index in [2.05, 4.69) is 27.1 Å². The first-order chi connectivity index (χ1) is 14.0. The molecule has 0 aliphatic carbocycles. The third-order valence-electron chi connectivity index (χ3n) is 4.85. The van der Waals surface area contributed by atoms with Crippen molar-refractivity contribution in [2.24, 2.45) is 0 Å². The Kier molecular flexibility index (Phi) is 6.97. The topological polar surface area (TPSA) is 78.9 Å². The van der Waals surface area contributed by atoms with E-state index in [4.69, 9.17) is 0 Å². The van der Waals surface area contributed by atoms with Crippen molar-refractivity contribution in [3.63, 3.8) is 0 Å². The fourth-order valence-corrected chi connectivity index (χ4v) is 3.29. The predicted molar refractivity (Wildman–Crippen MR) is 109 cm³/mol. The Labute approximate surface area is 170 Å². The molecule has 29 heavy (non-hydrogen) atoms. The SMILES string of the molecule is COC(=O)c1cccc(NC(=O)CC(=O)N2CCN(Cc3ccccc3)CC2)c1. The van der Waals surface area contributed by atoms with Crippen LogP contribution in [0.3, 0.4) is 0 Å². The zero-order chi connectivity index (χ0) is 20.6. The lowest BCUT2D eigenvalue weighted by molar-refractivity contribution is -0.136. The highest BCUT2D eigenvalue weighted by Crippen LogP contribution is 2.13. The fraction of sp³-hybridized carbons (Fsp3) is 0.318. The molecule has 1 heterocycles. The number of ether oxygens (including phenoxy) is 1. The number of benzene rings is 2. The number of hydrogen-bond donors (Lipinski definition) is 1. The minimum Gasteiger partial charge on any atom is -0.465 e. The quantitative estimate of drug-likeness (QED) is 0.599. The van der Waals surface area contributed by atoms with Gasteiger partial charge in [-0.3, -0.25) is 14.5 Å². The van der Waals surface area contributed by atoms with E-state index in [0.29, 0.717) is 24.3 Å². The second kappa shape index (κ2) is 9.84. The maximum absolute atomic E-state index is 12.5. The lowest BCUT2D eigenvalue weighted by atomic mass is 10.2. The number of esters is 1. The maximum atomic E-state index is 12.5. The van der Waals surface area contributed by atoms with Crippen LogP contribution in [0.5, 0.6) is 0 Å². The highest BCUT2D eigenvalue weighted by molar-refractivity contribution is 6.04. The van der Waals surface area contributed by atoms with E-state index in [0.717, 1.165) is 19.6 Å². The van der Waals surface area contributed by atoms with Crippen molar-refractivity contribution in [1.82, 2.24) is 9.80 Å². The smallest absolute Gasteiger partial charge is 0.337 e. The van der Waals surface area contributed by atoms with Crippen LogP contribution in [0, 0.1) is 0 Å². The molecule has 7 heteroatoms. The molecule has 0 unspecified atom stereocenters. The third-order valence-corrected chi connectivity index (χ3v) is 4.85. The molecule has 0 bridgehead atoms. The molecule has 1 N–H and O–H groups in total. The standard InChI is InChI=1S/C22H25N3O4/c1-29-22(28)18-8-5-9-19(14-18)23-20(26)15-21(27)25-12-10-24(11-13-25)16-17-6-3-2-4-7-17/h2-9,14H,10-13,15-16H2,1H3,(H,23,26). The first-order valence-electron chi connectivity index (χ1n) is 9.57. The molecule has 1 saturated heterocycles. The van der Waals surface area contributed by atoms with Crippen molar-refractivity contribution in [1.29, 1.82) is 0 Å². The molecule has 3 rings (SSSR count). The lowest BCUT2D eigenvalue weighted by Crippen LogP contribution is -2.48. The van der Waals surface area contributed by atoms with Gasteiger partial charge in [0.25, 0.3) is 0 Å². The normalized spacial score (nSPS) is 14.3. The fourth-order valence-electron chi connectivity index (χ4n) is 3.29. The molecule has 1 aliphatic heterocycles. The average molecular weight is 395 g/mol. The third kappa shape index (κ3) is 5.89. The number of methoxy groups -OCH3 is 1. The summed E-state index contributed by atoms with van der Waals surface area (Å²) in [5.74, 6) is -1.07. The Morgan fingerprint density at radius 2 is 1.69 bits per heavy atom. The van der Waals surface area contributed by atoms with Gasteiger partial charge in [-0.15, -0.1) is 0 Å². The summed E-state index contributed by atoms with van der Waals surface area (Å²) in [6, 6.07) is 16.7. The Bertz CT molecular complexity index is 861. The summed E-state index contributed by atoms with van der Waals surface area (Å²) >= 11 is 0. The van der Waals surface area contributed by atoms with Gasteiger partial charge in [-0.25, -0.2) is 4.79 Å². The number of rotatable bonds is 6. The second-order valence-corrected chi connectivity index (χ2v) is 6.94. The zero-order valence-corrected chi connectivity index (χ0v) is 16.5. The van der Waals surface area contributed by atoms with Crippen LogP contribution in [0.25, 0.3) is 0 Å². The van der Waals surface area contributed by atoms with Gasteiger partial charge in [-0.05, 0) is 23.8 Å². The van der Waals surface area contributed by atoms with E-state index in [1.807, 2.05) is 18.2 Å². The first-order valence-corrected chi connectivity index (χ1v) is 9.57. The molecule has 0 saturated carbocycles. The van der Waals surface area contributed by atoms with E-state index in [1.54, 1.807) is 23.1 Å². The van der Waals surface area contributed by atoms with Crippen molar-refractivity contribution >= 4 is 23.5 Å². The van der Waals surface area contributed by atoms with Crippen molar-refractivity contribution < 1.29 is 19.1 Å². The van der Waals surface area contributed by atoms with Crippen molar-refractivity contribution in [2.45, 2.75) is 13.0 Å². The summed E-state index contributed by atoms with van der Waals surface area (Å²) in [5, 5.41) is 2.67. The van der Waals surface area contributed by atoms with E-state index >= 15 is 0 Å². The van der Waals surface area contributed by atoms with Crippen LogP contribution in [0.15, 0.2) is 54.6 Å². The van der Waals surface area contributed by atoms with Crippen LogP contribution in [0.1, 0.15) is 22.3 Å². The summed E-state index contributed by atoms with van der Waals surface area (Å²) in [6.45, 7) is 3.64. The molecule has 2 aromatic carbocycles. The van der Waals surface area contributed by atoms with E-state index in [-0.39, 0.29) is 12.3 Å². The molecule has 0 spiro atoms. The summed E-state index contributed by atoms with van der Waals surface area (Å²) in [4.78, 5) is 40.3. The van der Waals surface area contributed by atoms with Gasteiger partial charge in [0.05, 0.1) is 12.7 Å². The van der Waals surface area contributed by atoms with Crippen LogP contribution >= 0.6 is 0 Å². The molecular weight excluding hydrogens is 370 g/mol. The summed E-state index contributed by atoms with van der Waals surface area (Å²) in [5.41, 5.74) is 2.05. The van der Waals surface area contributed by atoms with E-state index in [1.165, 1.54) is 18.7 Å². The van der Waals surface area contributed by atoms with Gasteiger partial charge < -0.3 is 15.0 Å². The molecular formula is C22H25N3O4. The van der Waals surface area contributed by atoms with Gasteiger partial charge in [0.15, 0.2) is 0 Å². The summed E-state index contributed by atoms with van der Waals surface area (Å²) in [7, 11) is 1.30. The van der Waals surface area contributed by atoms with Crippen molar-refractivity contribution in [3.05, 3.63) is 65.7 Å². The second-order valence-electron chi connectivity index (χ2n) is 6.94. The molecule has 1 aliphatic rings. The predicted octanol–water partition coefficient (Wildman–Crippen LogP) is 2.15. The monoisotopic (exact) mass is 395 g/mol. The highest BCUT2D eigenvalue weighted by Gasteiger charge is 2.23. The van der Waals surface area contributed by atoms with E-state index in [9.17, 15) is 14.4 Å². The van der Waals surface area contributed by atoms with Crippen LogP contribution in [0.4, 0.5) is 5.69 Å². The van der Waals surface area contributed by atoms with Gasteiger partial charge >= 0.3 is 5.97 Å². The van der Waals surface area contributed by atoms with Gasteiger partial charge in [0, 0.05) is 38.4 Å². The van der Waals surface area contributed by atoms with Crippen LogP contribution < -0.4 is 5.32 Å². The van der Waals surface area contributed by atoms with Gasteiger partial charge in [-0.1, -0.05) is 36.4 Å². The summed E-state index contributed by atoms with van der Waals surface area (Å²) in [6.07, 6.45) is -0.221. The van der Waals surface area contributed by atoms with Crippen LogP contribution in [-0.2, 0) is 20.9 Å². The molecule has 152 valence electrons. The average Bonchev–Trinajstić information content (AvgIpc) is 2.74. The van der Waals surface area contributed by atoms with Gasteiger partial charge in [0.1, 0.15) is 6.42 Å². The van der Waals surface area contributed by atoms with Gasteiger partial charge in [0.2, 0.25) is 11.8 Å². The first kappa shape index (κ1) is 20.5. The summed E-state index contributed by atoms with van der Waals surface area (Å²) < 4.78 is 4.67. The van der Waals surface area contributed by atoms with Gasteiger partial charge in [-0.2, -0.15) is 0 Å².